The van der Waals surface area contributed by atoms with E-state index in [0.717, 1.165) is 57.8 Å². The second-order valence-electron chi connectivity index (χ2n) is 20.1. The smallest absolute Gasteiger partial charge is 0.456 e. The molecular weight excluding hydrogens is 820 g/mol. The van der Waals surface area contributed by atoms with E-state index in [2.05, 4.69) is 26.1 Å². The molecule has 0 fully saturated rings. The van der Waals surface area contributed by atoms with Crippen LogP contribution in [0, 0.1) is 0 Å². The fraction of sp³-hybridized carbons (Fsp3) is 0.926. The lowest BCUT2D eigenvalue weighted by molar-refractivity contribution is -0.870. The lowest BCUT2D eigenvalue weighted by Gasteiger charge is -2.27. The number of carbonyl (C=O) groups excluding carboxylic acids is 2. The standard InChI is InChI=1S/C54H107N2O7P/c1-7-10-13-16-19-22-25-27-28-29-32-35-38-41-44-47-54(58)63-52(45-42-39-36-33-31-26-23-20-17-14-11-8-2)51(50-62-64(59,60)61-49-48-56(4,5)6)55-53(57)46-43-40-37-34-30-24-21-18-15-12-9-3/h42,45,51-52H,7-41,43-44,46-50H2,1-6H3,(H-,55,57,59,60)/p+1/b45-42+. The average Bonchev–Trinajstić information content (AvgIpc) is 3.25. The number of nitrogens with zero attached hydrogens (tertiary/aromatic N) is 1. The highest BCUT2D eigenvalue weighted by Gasteiger charge is 2.30. The van der Waals surface area contributed by atoms with Crippen LogP contribution < -0.4 is 5.32 Å². The third kappa shape index (κ3) is 45.9. The molecule has 0 rings (SSSR count). The number of likely N-dealkylation sites (N-methyl/N-ethyl adjacent to an activating group) is 1. The average molecular weight is 928 g/mol. The molecule has 0 bridgehead atoms. The van der Waals surface area contributed by atoms with Crippen LogP contribution in [0.25, 0.3) is 0 Å². The van der Waals surface area contributed by atoms with Gasteiger partial charge in [0.1, 0.15) is 19.3 Å². The van der Waals surface area contributed by atoms with E-state index in [1.807, 2.05) is 33.3 Å². The Kier molecular flexibility index (Phi) is 44.6. The second-order valence-corrected chi connectivity index (χ2v) is 21.6. The van der Waals surface area contributed by atoms with Crippen molar-refractivity contribution in [2.75, 3.05) is 40.9 Å². The molecule has 0 radical (unpaired) electrons. The Bertz CT molecular complexity index is 1110. The molecular formula is C54H108N2O7P+. The molecule has 0 heterocycles. The van der Waals surface area contributed by atoms with Gasteiger partial charge in [0.2, 0.25) is 5.91 Å². The van der Waals surface area contributed by atoms with Crippen LogP contribution in [-0.2, 0) is 27.9 Å². The van der Waals surface area contributed by atoms with Crippen LogP contribution in [0.4, 0.5) is 0 Å². The van der Waals surface area contributed by atoms with E-state index in [4.69, 9.17) is 13.8 Å². The maximum atomic E-state index is 13.4. The number of hydrogen-bond acceptors (Lipinski definition) is 6. The number of phosphoric acid groups is 1. The van der Waals surface area contributed by atoms with Gasteiger partial charge in [-0.3, -0.25) is 18.6 Å². The van der Waals surface area contributed by atoms with Crippen LogP contribution in [-0.4, -0.2) is 74.3 Å². The van der Waals surface area contributed by atoms with Crippen LogP contribution in [0.15, 0.2) is 12.2 Å². The highest BCUT2D eigenvalue weighted by molar-refractivity contribution is 7.47. The van der Waals surface area contributed by atoms with Crippen molar-refractivity contribution in [3.63, 3.8) is 0 Å². The van der Waals surface area contributed by atoms with Crippen molar-refractivity contribution in [1.29, 1.82) is 0 Å². The number of quaternary nitrogens is 1. The molecule has 0 aliphatic carbocycles. The summed E-state index contributed by atoms with van der Waals surface area (Å²) in [7, 11) is 1.51. The summed E-state index contributed by atoms with van der Waals surface area (Å²) in [5, 5.41) is 3.04. The third-order valence-corrected chi connectivity index (χ3v) is 13.5. The Balaban J connectivity index is 5.34. The van der Waals surface area contributed by atoms with Gasteiger partial charge in [0.25, 0.3) is 0 Å². The van der Waals surface area contributed by atoms with Gasteiger partial charge in [0.05, 0.1) is 33.8 Å². The fourth-order valence-corrected chi connectivity index (χ4v) is 8.91. The predicted molar refractivity (Wildman–Crippen MR) is 273 cm³/mol. The fourth-order valence-electron chi connectivity index (χ4n) is 8.18. The molecule has 10 heteroatoms. The van der Waals surface area contributed by atoms with Gasteiger partial charge >= 0.3 is 13.8 Å². The number of phosphoric ester groups is 1. The minimum absolute atomic E-state index is 0.0452. The minimum Gasteiger partial charge on any atom is -0.456 e. The number of allylic oxidation sites excluding steroid dienone is 1. The summed E-state index contributed by atoms with van der Waals surface area (Å²) in [6.07, 6.45) is 49.1. The summed E-state index contributed by atoms with van der Waals surface area (Å²) in [4.78, 5) is 37.4. The Morgan fingerprint density at radius 2 is 0.891 bits per heavy atom. The number of hydrogen-bond donors (Lipinski definition) is 2. The van der Waals surface area contributed by atoms with E-state index in [1.165, 1.54) is 180 Å². The Morgan fingerprint density at radius 1 is 0.531 bits per heavy atom. The summed E-state index contributed by atoms with van der Waals surface area (Å²) in [6.45, 7) is 7.02. The molecule has 0 saturated carbocycles. The molecule has 0 aromatic carbocycles. The topological polar surface area (TPSA) is 111 Å². The number of rotatable bonds is 50. The normalized spacial score (nSPS) is 13.9. The molecule has 1 amide bonds. The van der Waals surface area contributed by atoms with Gasteiger partial charge in [-0.25, -0.2) is 4.57 Å². The van der Waals surface area contributed by atoms with Gasteiger partial charge in [0, 0.05) is 12.8 Å². The zero-order chi connectivity index (χ0) is 47.3. The first-order valence-electron chi connectivity index (χ1n) is 27.5. The van der Waals surface area contributed by atoms with Gasteiger partial charge < -0.3 is 19.4 Å². The van der Waals surface area contributed by atoms with Gasteiger partial charge in [-0.15, -0.1) is 0 Å². The second kappa shape index (κ2) is 45.5. The molecule has 0 aliphatic heterocycles. The molecule has 9 nitrogen and oxygen atoms in total. The Labute approximate surface area is 397 Å². The van der Waals surface area contributed by atoms with Gasteiger partial charge in [-0.2, -0.15) is 0 Å². The van der Waals surface area contributed by atoms with Crippen molar-refractivity contribution in [2.24, 2.45) is 0 Å². The molecule has 0 spiro atoms. The van der Waals surface area contributed by atoms with E-state index in [1.54, 1.807) is 0 Å². The van der Waals surface area contributed by atoms with Crippen molar-refractivity contribution in [1.82, 2.24) is 5.32 Å². The maximum absolute atomic E-state index is 13.4. The number of ether oxygens (including phenoxy) is 1. The first-order valence-corrected chi connectivity index (χ1v) is 29.0. The monoisotopic (exact) mass is 928 g/mol. The highest BCUT2D eigenvalue weighted by atomic mass is 31.2. The van der Waals surface area contributed by atoms with Crippen molar-refractivity contribution in [3.8, 4) is 0 Å². The van der Waals surface area contributed by atoms with E-state index >= 15 is 0 Å². The maximum Gasteiger partial charge on any atom is 0.472 e. The summed E-state index contributed by atoms with van der Waals surface area (Å²) < 4.78 is 30.5. The summed E-state index contributed by atoms with van der Waals surface area (Å²) >= 11 is 0. The first-order chi connectivity index (χ1) is 30.9. The van der Waals surface area contributed by atoms with Crippen molar-refractivity contribution in [2.45, 2.75) is 283 Å². The first kappa shape index (κ1) is 62.8. The molecule has 3 unspecified atom stereocenters. The molecule has 0 aliphatic rings. The zero-order valence-corrected chi connectivity index (χ0v) is 44.2. The SMILES string of the molecule is CCCCCCCCCCCC/C=C/C(OC(=O)CCCCCCCCCCCCCCCCC)C(COP(=O)(O)OCC[N+](C)(C)C)NC(=O)CCCCCCCCCCCCC. The summed E-state index contributed by atoms with van der Waals surface area (Å²) in [5.74, 6) is -0.492. The number of unbranched alkanes of at least 4 members (excludes halogenated alkanes) is 34. The van der Waals surface area contributed by atoms with Gasteiger partial charge in [0.15, 0.2) is 0 Å². The van der Waals surface area contributed by atoms with Crippen LogP contribution in [0.1, 0.15) is 271 Å². The predicted octanol–water partition coefficient (Wildman–Crippen LogP) is 16.1. The minimum atomic E-state index is -4.43. The molecule has 0 saturated heterocycles. The lowest BCUT2D eigenvalue weighted by atomic mass is 10.0. The molecule has 64 heavy (non-hydrogen) atoms. The Hall–Kier alpha value is -1.25. The number of carbonyl (C=O) groups is 2. The summed E-state index contributed by atoms with van der Waals surface area (Å²) in [5.41, 5.74) is 0. The van der Waals surface area contributed by atoms with Crippen molar-refractivity contribution >= 4 is 19.7 Å². The van der Waals surface area contributed by atoms with E-state index in [0.29, 0.717) is 23.9 Å². The van der Waals surface area contributed by atoms with Crippen LogP contribution in [0.5, 0.6) is 0 Å². The number of esters is 1. The summed E-state index contributed by atoms with van der Waals surface area (Å²) in [6, 6.07) is -0.836. The van der Waals surface area contributed by atoms with Crippen molar-refractivity contribution < 1.29 is 37.3 Å². The molecule has 0 aromatic heterocycles. The van der Waals surface area contributed by atoms with E-state index in [-0.39, 0.29) is 25.1 Å². The van der Waals surface area contributed by atoms with Gasteiger partial charge in [-0.1, -0.05) is 239 Å². The molecule has 3 atom stereocenters. The Morgan fingerprint density at radius 3 is 1.28 bits per heavy atom. The third-order valence-electron chi connectivity index (χ3n) is 12.5. The molecule has 0 aromatic rings. The van der Waals surface area contributed by atoms with Gasteiger partial charge in [-0.05, 0) is 31.8 Å². The van der Waals surface area contributed by atoms with Crippen LogP contribution in [0.3, 0.4) is 0 Å². The highest BCUT2D eigenvalue weighted by Crippen LogP contribution is 2.43. The van der Waals surface area contributed by atoms with E-state index < -0.39 is 20.0 Å². The van der Waals surface area contributed by atoms with E-state index in [9.17, 15) is 19.0 Å². The molecule has 2 N–H and O–H groups in total. The van der Waals surface area contributed by atoms with Crippen LogP contribution >= 0.6 is 7.82 Å². The quantitative estimate of drug-likeness (QED) is 0.0205. The largest absolute Gasteiger partial charge is 0.472 e. The van der Waals surface area contributed by atoms with Crippen LogP contribution in [0.2, 0.25) is 0 Å². The zero-order valence-electron chi connectivity index (χ0n) is 43.3. The van der Waals surface area contributed by atoms with Crippen molar-refractivity contribution in [3.05, 3.63) is 12.2 Å². The molecule has 380 valence electrons. The number of amides is 1. The number of nitrogens with one attached hydrogen (secondary N) is 1. The lowest BCUT2D eigenvalue weighted by Crippen LogP contribution is -2.47.